The van der Waals surface area contributed by atoms with Gasteiger partial charge in [-0.1, -0.05) is 78.9 Å². The molecular weight excluding hydrogens is 401 g/mol. The fraction of sp³-hybridized carbons (Fsp3) is 0.0370. The van der Waals surface area contributed by atoms with Crippen molar-refractivity contribution < 1.29 is 4.92 Å². The summed E-state index contributed by atoms with van der Waals surface area (Å²) in [6.07, 6.45) is 3.38. The summed E-state index contributed by atoms with van der Waals surface area (Å²) in [6.45, 7) is 0. The van der Waals surface area contributed by atoms with Crippen molar-refractivity contribution in [1.82, 2.24) is 0 Å². The van der Waals surface area contributed by atoms with Crippen molar-refractivity contribution in [1.29, 1.82) is 0 Å². The molecule has 0 aromatic heterocycles. The number of nitro groups is 1. The Morgan fingerprint density at radius 2 is 1.06 bits per heavy atom. The van der Waals surface area contributed by atoms with Crippen molar-refractivity contribution >= 4 is 29.3 Å². The van der Waals surface area contributed by atoms with Crippen LogP contribution in [0, 0.1) is 10.1 Å². The van der Waals surface area contributed by atoms with Crippen LogP contribution in [0.4, 0.5) is 0 Å². The second-order valence-electron chi connectivity index (χ2n) is 7.32. The van der Waals surface area contributed by atoms with E-state index in [-0.39, 0.29) is 0 Å². The first-order valence-electron chi connectivity index (χ1n) is 10.1. The van der Waals surface area contributed by atoms with Crippen molar-refractivity contribution in [3.05, 3.63) is 143 Å². The first-order valence-corrected chi connectivity index (χ1v) is 12.1. The molecule has 4 aromatic rings. The van der Waals surface area contributed by atoms with E-state index in [9.17, 15) is 10.1 Å². The maximum Gasteiger partial charge on any atom is 0.235 e. The molecule has 152 valence electrons. The van der Waals surface area contributed by atoms with E-state index >= 15 is 0 Å². The average molecular weight is 424 g/mol. The van der Waals surface area contributed by atoms with E-state index in [1.54, 1.807) is 0 Å². The Hall–Kier alpha value is -3.55. The van der Waals surface area contributed by atoms with Gasteiger partial charge in [-0.25, -0.2) is 0 Å². The van der Waals surface area contributed by atoms with E-state index in [2.05, 4.69) is 103 Å². The highest BCUT2D eigenvalue weighted by Gasteiger charge is 2.45. The number of hydrogen-bond acceptors (Lipinski definition) is 2. The Morgan fingerprint density at radius 3 is 1.45 bits per heavy atom. The van der Waals surface area contributed by atoms with Crippen LogP contribution >= 0.6 is 7.26 Å². The van der Waals surface area contributed by atoms with Crippen LogP contribution in [0.3, 0.4) is 0 Å². The van der Waals surface area contributed by atoms with Crippen molar-refractivity contribution in [3.8, 4) is 0 Å². The highest BCUT2D eigenvalue weighted by atomic mass is 31.2. The molecule has 0 saturated carbocycles. The lowest BCUT2D eigenvalue weighted by molar-refractivity contribution is -0.400. The quantitative estimate of drug-likeness (QED) is 0.226. The van der Waals surface area contributed by atoms with E-state index in [1.807, 2.05) is 12.1 Å². The lowest BCUT2D eigenvalue weighted by Gasteiger charge is -2.27. The van der Waals surface area contributed by atoms with E-state index in [0.29, 0.717) is 0 Å². The minimum absolute atomic E-state index is 0.440. The molecule has 0 N–H and O–H groups in total. The molecule has 0 fully saturated rings. The van der Waals surface area contributed by atoms with Gasteiger partial charge in [-0.15, -0.1) is 0 Å². The third-order valence-electron chi connectivity index (χ3n) is 5.38. The van der Waals surface area contributed by atoms with Crippen LogP contribution in [-0.2, 0) is 6.16 Å². The van der Waals surface area contributed by atoms with Gasteiger partial charge < -0.3 is 0 Å². The second-order valence-corrected chi connectivity index (χ2v) is 10.8. The summed E-state index contributed by atoms with van der Waals surface area (Å²) in [5.74, 6) is 0. The van der Waals surface area contributed by atoms with Crippen LogP contribution in [0.2, 0.25) is 0 Å². The van der Waals surface area contributed by atoms with Gasteiger partial charge in [-0.3, -0.25) is 10.1 Å². The summed E-state index contributed by atoms with van der Waals surface area (Å²) in [7, 11) is -1.95. The van der Waals surface area contributed by atoms with E-state index in [0.717, 1.165) is 17.9 Å². The first-order chi connectivity index (χ1) is 15.2. The van der Waals surface area contributed by atoms with Crippen molar-refractivity contribution in [3.63, 3.8) is 0 Å². The Kier molecular flexibility index (Phi) is 6.35. The fourth-order valence-electron chi connectivity index (χ4n) is 3.92. The summed E-state index contributed by atoms with van der Waals surface area (Å²) >= 11 is 0. The normalized spacial score (nSPS) is 11.5. The van der Waals surface area contributed by atoms with Gasteiger partial charge >= 0.3 is 0 Å². The molecule has 0 aliphatic heterocycles. The van der Waals surface area contributed by atoms with Gasteiger partial charge in [0.25, 0.3) is 0 Å². The predicted octanol–water partition coefficient (Wildman–Crippen LogP) is 5.43. The molecule has 0 unspecified atom stereocenters. The predicted molar refractivity (Wildman–Crippen MR) is 131 cm³/mol. The Morgan fingerprint density at radius 1 is 0.645 bits per heavy atom. The number of benzene rings is 4. The molecule has 0 bridgehead atoms. The summed E-state index contributed by atoms with van der Waals surface area (Å²) in [4.78, 5) is 10.2. The third kappa shape index (κ3) is 4.63. The third-order valence-corrected chi connectivity index (χ3v) is 9.76. The molecular formula is C27H23NO2P+. The SMILES string of the molecule is O=[N+]([O-])C=Cc1ccc(C[P+](c2ccccc2)(c2ccccc2)c2ccccc2)cc1. The number of hydrogen-bond donors (Lipinski definition) is 0. The van der Waals surface area contributed by atoms with E-state index in [1.165, 1.54) is 27.6 Å². The van der Waals surface area contributed by atoms with Gasteiger partial charge in [0.1, 0.15) is 23.2 Å². The average Bonchev–Trinajstić information content (AvgIpc) is 2.83. The zero-order chi connectivity index (χ0) is 21.5. The zero-order valence-corrected chi connectivity index (χ0v) is 17.9. The molecule has 0 amide bonds. The molecule has 0 radical (unpaired) electrons. The molecule has 3 nitrogen and oxygen atoms in total. The summed E-state index contributed by atoms with van der Waals surface area (Å²) in [6, 6.07) is 40.4. The molecule has 4 heteroatoms. The number of rotatable bonds is 7. The molecule has 31 heavy (non-hydrogen) atoms. The molecule has 0 heterocycles. The number of nitrogens with zero attached hydrogens (tertiary/aromatic N) is 1. The maximum absolute atomic E-state index is 10.6. The molecule has 0 aliphatic carbocycles. The molecule has 0 spiro atoms. The fourth-order valence-corrected chi connectivity index (χ4v) is 8.17. The van der Waals surface area contributed by atoms with Crippen molar-refractivity contribution in [2.45, 2.75) is 6.16 Å². The van der Waals surface area contributed by atoms with Crippen LogP contribution in [0.5, 0.6) is 0 Å². The topological polar surface area (TPSA) is 43.1 Å². The summed E-state index contributed by atoms with van der Waals surface area (Å²) in [5.41, 5.74) is 2.03. The summed E-state index contributed by atoms with van der Waals surface area (Å²) in [5, 5.41) is 14.6. The lowest BCUT2D eigenvalue weighted by atomic mass is 10.1. The molecule has 4 rings (SSSR count). The molecule has 0 aliphatic rings. The van der Waals surface area contributed by atoms with Crippen LogP contribution < -0.4 is 15.9 Å². The molecule has 0 atom stereocenters. The van der Waals surface area contributed by atoms with Crippen molar-refractivity contribution in [2.75, 3.05) is 0 Å². The maximum atomic E-state index is 10.6. The van der Waals surface area contributed by atoms with Gasteiger partial charge in [0.15, 0.2) is 0 Å². The largest absolute Gasteiger partial charge is 0.259 e. The monoisotopic (exact) mass is 424 g/mol. The highest BCUT2D eigenvalue weighted by molar-refractivity contribution is 7.95. The molecule has 0 saturated heterocycles. The van der Waals surface area contributed by atoms with Crippen molar-refractivity contribution in [2.24, 2.45) is 0 Å². The zero-order valence-electron chi connectivity index (χ0n) is 17.0. The lowest BCUT2D eigenvalue weighted by Crippen LogP contribution is -2.32. The van der Waals surface area contributed by atoms with Gasteiger partial charge in [-0.2, -0.15) is 0 Å². The van der Waals surface area contributed by atoms with Gasteiger partial charge in [0, 0.05) is 6.08 Å². The first kappa shape index (κ1) is 20.7. The van der Waals surface area contributed by atoms with Gasteiger partial charge in [0.05, 0.1) is 11.1 Å². The Balaban J connectivity index is 1.85. The van der Waals surface area contributed by atoms with E-state index < -0.39 is 12.2 Å². The van der Waals surface area contributed by atoms with Crippen LogP contribution in [-0.4, -0.2) is 4.92 Å². The Labute approximate surface area is 183 Å². The second kappa shape index (κ2) is 9.51. The van der Waals surface area contributed by atoms with Gasteiger partial charge in [-0.05, 0) is 47.5 Å². The van der Waals surface area contributed by atoms with Gasteiger partial charge in [0.2, 0.25) is 6.20 Å². The van der Waals surface area contributed by atoms with Crippen LogP contribution in [0.25, 0.3) is 6.08 Å². The smallest absolute Gasteiger partial charge is 0.235 e. The van der Waals surface area contributed by atoms with E-state index in [4.69, 9.17) is 0 Å². The highest BCUT2D eigenvalue weighted by Crippen LogP contribution is 2.58. The summed E-state index contributed by atoms with van der Waals surface area (Å²) < 4.78 is 0. The minimum Gasteiger partial charge on any atom is -0.259 e. The standard InChI is InChI=1S/C27H23NO2P/c29-28(30)21-20-23-16-18-24(19-17-23)22-31(25-10-4-1-5-11-25,26-12-6-2-7-13-26)27-14-8-3-9-15-27/h1-21H,22H2/q+1. The minimum atomic E-state index is -1.95. The molecule has 4 aromatic carbocycles. The Bertz CT molecular complexity index is 1060. The van der Waals surface area contributed by atoms with Crippen LogP contribution in [0.1, 0.15) is 11.1 Å². The van der Waals surface area contributed by atoms with Crippen LogP contribution in [0.15, 0.2) is 121 Å².